The highest BCUT2D eigenvalue weighted by Crippen LogP contribution is 2.24. The number of hydrogen-bond acceptors (Lipinski definition) is 6. The van der Waals surface area contributed by atoms with Gasteiger partial charge in [-0.15, -0.1) is 0 Å². The molecule has 1 aromatic carbocycles. The molecule has 1 atom stereocenters. The molecule has 2 rings (SSSR count). The molecule has 5 nitrogen and oxygen atoms in total. The summed E-state index contributed by atoms with van der Waals surface area (Å²) < 4.78 is 17.8. The van der Waals surface area contributed by atoms with Crippen molar-refractivity contribution < 1.29 is 13.9 Å². The molecule has 122 valence electrons. The summed E-state index contributed by atoms with van der Waals surface area (Å²) in [6.45, 7) is 1.90. The Bertz CT molecular complexity index is 702. The van der Waals surface area contributed by atoms with Crippen molar-refractivity contribution in [3.63, 3.8) is 0 Å². The molecule has 0 saturated carbocycles. The number of esters is 1. The summed E-state index contributed by atoms with van der Waals surface area (Å²) in [5.41, 5.74) is 0.825. The van der Waals surface area contributed by atoms with Gasteiger partial charge in [-0.2, -0.15) is 0 Å². The SMILES string of the molecule is COC(=O)CSc1cncc(NC(C)c2ccc(F)c(Cl)c2)n1. The van der Waals surface area contributed by atoms with Crippen molar-refractivity contribution in [1.82, 2.24) is 9.97 Å². The zero-order chi connectivity index (χ0) is 16.8. The molecule has 0 aliphatic heterocycles. The van der Waals surface area contributed by atoms with E-state index in [1.807, 2.05) is 6.92 Å². The highest BCUT2D eigenvalue weighted by molar-refractivity contribution is 7.99. The molecule has 1 unspecified atom stereocenters. The molecule has 0 spiro atoms. The minimum absolute atomic E-state index is 0.0737. The quantitative estimate of drug-likeness (QED) is 0.629. The fourth-order valence-electron chi connectivity index (χ4n) is 1.77. The first-order valence-corrected chi connectivity index (χ1v) is 8.09. The van der Waals surface area contributed by atoms with Crippen molar-refractivity contribution in [3.8, 4) is 0 Å². The number of carbonyl (C=O) groups is 1. The minimum Gasteiger partial charge on any atom is -0.468 e. The van der Waals surface area contributed by atoms with E-state index >= 15 is 0 Å². The predicted molar refractivity (Wildman–Crippen MR) is 88.2 cm³/mol. The lowest BCUT2D eigenvalue weighted by Crippen LogP contribution is -2.09. The molecule has 1 heterocycles. The largest absolute Gasteiger partial charge is 0.468 e. The zero-order valence-corrected chi connectivity index (χ0v) is 14.1. The van der Waals surface area contributed by atoms with Gasteiger partial charge in [-0.25, -0.2) is 9.37 Å². The number of benzene rings is 1. The van der Waals surface area contributed by atoms with Crippen molar-refractivity contribution in [2.24, 2.45) is 0 Å². The normalized spacial score (nSPS) is 11.8. The molecule has 1 N–H and O–H groups in total. The second-order valence-electron chi connectivity index (χ2n) is 4.65. The Balaban J connectivity index is 2.04. The van der Waals surface area contributed by atoms with Gasteiger partial charge in [-0.1, -0.05) is 29.4 Å². The van der Waals surface area contributed by atoms with Gasteiger partial charge >= 0.3 is 5.97 Å². The van der Waals surface area contributed by atoms with Crippen LogP contribution in [-0.4, -0.2) is 28.8 Å². The molecule has 0 amide bonds. The summed E-state index contributed by atoms with van der Waals surface area (Å²) >= 11 is 7.03. The van der Waals surface area contributed by atoms with E-state index in [4.69, 9.17) is 11.6 Å². The van der Waals surface area contributed by atoms with Crippen LogP contribution >= 0.6 is 23.4 Å². The predicted octanol–water partition coefficient (Wildman–Crippen LogP) is 3.71. The lowest BCUT2D eigenvalue weighted by Gasteiger charge is -2.15. The Morgan fingerprint density at radius 2 is 2.26 bits per heavy atom. The summed E-state index contributed by atoms with van der Waals surface area (Å²) in [5.74, 6) is -0.0708. The first-order valence-electron chi connectivity index (χ1n) is 6.72. The van der Waals surface area contributed by atoms with Gasteiger partial charge in [0.25, 0.3) is 0 Å². The number of anilines is 1. The van der Waals surface area contributed by atoms with Gasteiger partial charge in [0, 0.05) is 0 Å². The van der Waals surface area contributed by atoms with Crippen LogP contribution in [0.2, 0.25) is 5.02 Å². The lowest BCUT2D eigenvalue weighted by molar-refractivity contribution is -0.137. The number of carbonyl (C=O) groups excluding carboxylic acids is 1. The topological polar surface area (TPSA) is 64.1 Å². The van der Waals surface area contributed by atoms with Crippen molar-refractivity contribution in [2.75, 3.05) is 18.2 Å². The fourth-order valence-corrected chi connectivity index (χ4v) is 2.64. The summed E-state index contributed by atoms with van der Waals surface area (Å²) in [4.78, 5) is 19.6. The Labute approximate surface area is 142 Å². The van der Waals surface area contributed by atoms with E-state index in [1.165, 1.54) is 24.9 Å². The number of ether oxygens (including phenoxy) is 1. The van der Waals surface area contributed by atoms with Gasteiger partial charge in [0.2, 0.25) is 0 Å². The van der Waals surface area contributed by atoms with E-state index in [2.05, 4.69) is 20.0 Å². The third-order valence-corrected chi connectivity index (χ3v) is 4.15. The monoisotopic (exact) mass is 355 g/mol. The summed E-state index contributed by atoms with van der Waals surface area (Å²) in [6, 6.07) is 4.41. The van der Waals surface area contributed by atoms with Gasteiger partial charge in [0.15, 0.2) is 0 Å². The van der Waals surface area contributed by atoms with E-state index in [-0.39, 0.29) is 22.8 Å². The maximum absolute atomic E-state index is 13.2. The summed E-state index contributed by atoms with van der Waals surface area (Å²) in [5, 5.41) is 3.84. The molecule has 0 radical (unpaired) electrons. The van der Waals surface area contributed by atoms with E-state index in [1.54, 1.807) is 24.5 Å². The number of rotatable bonds is 6. The van der Waals surface area contributed by atoms with Crippen LogP contribution in [0.4, 0.5) is 10.2 Å². The molecule has 0 saturated heterocycles. The summed E-state index contributed by atoms with van der Waals surface area (Å²) in [7, 11) is 1.34. The molecular weight excluding hydrogens is 341 g/mol. The van der Waals surface area contributed by atoms with Crippen LogP contribution in [0.25, 0.3) is 0 Å². The van der Waals surface area contributed by atoms with E-state index < -0.39 is 5.82 Å². The fraction of sp³-hybridized carbons (Fsp3) is 0.267. The highest BCUT2D eigenvalue weighted by Gasteiger charge is 2.10. The second-order valence-corrected chi connectivity index (χ2v) is 6.05. The van der Waals surface area contributed by atoms with Crippen LogP contribution in [0.15, 0.2) is 35.6 Å². The number of thioether (sulfide) groups is 1. The van der Waals surface area contributed by atoms with Crippen LogP contribution < -0.4 is 5.32 Å². The van der Waals surface area contributed by atoms with Crippen LogP contribution in [0.5, 0.6) is 0 Å². The molecular formula is C15H15ClFN3O2S. The number of halogens is 2. The van der Waals surface area contributed by atoms with Gasteiger partial charge in [-0.05, 0) is 24.6 Å². The molecule has 2 aromatic rings. The minimum atomic E-state index is -0.455. The van der Waals surface area contributed by atoms with Crippen LogP contribution in [0.1, 0.15) is 18.5 Å². The Morgan fingerprint density at radius 3 is 2.96 bits per heavy atom. The average molecular weight is 356 g/mol. The Hall–Kier alpha value is -1.86. The number of hydrogen-bond donors (Lipinski definition) is 1. The van der Waals surface area contributed by atoms with Crippen molar-refractivity contribution in [3.05, 3.63) is 47.0 Å². The standard InChI is InChI=1S/C15H15ClFN3O2S/c1-9(10-3-4-12(17)11(16)5-10)19-13-6-18-7-14(20-13)23-8-15(21)22-2/h3-7,9H,8H2,1-2H3,(H,19,20). The lowest BCUT2D eigenvalue weighted by atomic mass is 10.1. The molecule has 0 fully saturated rings. The van der Waals surface area contributed by atoms with Crippen LogP contribution in [0, 0.1) is 5.82 Å². The molecule has 0 bridgehead atoms. The van der Waals surface area contributed by atoms with Gasteiger partial charge in [0.1, 0.15) is 16.7 Å². The first kappa shape index (κ1) is 17.5. The first-order chi connectivity index (χ1) is 11.0. The molecule has 8 heteroatoms. The third kappa shape index (κ3) is 5.07. The molecule has 23 heavy (non-hydrogen) atoms. The maximum Gasteiger partial charge on any atom is 0.316 e. The highest BCUT2D eigenvalue weighted by atomic mass is 35.5. The number of nitrogens with one attached hydrogen (secondary N) is 1. The zero-order valence-electron chi connectivity index (χ0n) is 12.5. The van der Waals surface area contributed by atoms with Crippen LogP contribution in [0.3, 0.4) is 0 Å². The van der Waals surface area contributed by atoms with E-state index in [0.29, 0.717) is 10.8 Å². The van der Waals surface area contributed by atoms with Gasteiger partial charge in [0.05, 0.1) is 36.3 Å². The van der Waals surface area contributed by atoms with Gasteiger partial charge < -0.3 is 10.1 Å². The Kier molecular flexibility index (Phi) is 6.18. The smallest absolute Gasteiger partial charge is 0.316 e. The second kappa shape index (κ2) is 8.12. The summed E-state index contributed by atoms with van der Waals surface area (Å²) in [6.07, 6.45) is 3.14. The molecule has 1 aromatic heterocycles. The number of methoxy groups -OCH3 is 1. The van der Waals surface area contributed by atoms with E-state index in [0.717, 1.165) is 5.56 Å². The van der Waals surface area contributed by atoms with Crippen molar-refractivity contribution in [2.45, 2.75) is 18.0 Å². The van der Waals surface area contributed by atoms with Gasteiger partial charge in [-0.3, -0.25) is 9.78 Å². The van der Waals surface area contributed by atoms with Crippen molar-refractivity contribution in [1.29, 1.82) is 0 Å². The average Bonchev–Trinajstić information content (AvgIpc) is 2.55. The van der Waals surface area contributed by atoms with Crippen LogP contribution in [-0.2, 0) is 9.53 Å². The number of nitrogens with zero attached hydrogens (tertiary/aromatic N) is 2. The molecule has 0 aliphatic carbocycles. The third-order valence-electron chi connectivity index (χ3n) is 2.99. The van der Waals surface area contributed by atoms with Crippen molar-refractivity contribution >= 4 is 35.1 Å². The van der Waals surface area contributed by atoms with E-state index in [9.17, 15) is 9.18 Å². The maximum atomic E-state index is 13.2. The Morgan fingerprint density at radius 1 is 1.48 bits per heavy atom. The number of aromatic nitrogens is 2. The molecule has 0 aliphatic rings.